The van der Waals surface area contributed by atoms with E-state index in [1.54, 1.807) is 17.0 Å². The maximum atomic E-state index is 12.5. The Morgan fingerprint density at radius 1 is 1.21 bits per heavy atom. The number of nitrogen functional groups attached to an aromatic ring is 1. The number of aromatic nitrogens is 1. The van der Waals surface area contributed by atoms with Crippen LogP contribution in [0.15, 0.2) is 24.3 Å². The Hall–Kier alpha value is -3.00. The highest BCUT2D eigenvalue weighted by Crippen LogP contribution is 2.42. The minimum atomic E-state index is -0.538. The van der Waals surface area contributed by atoms with Gasteiger partial charge in [0, 0.05) is 18.7 Å². The van der Waals surface area contributed by atoms with Crippen LogP contribution >= 0.6 is 0 Å². The zero-order chi connectivity index (χ0) is 24.5. The van der Waals surface area contributed by atoms with Crippen molar-refractivity contribution in [3.05, 3.63) is 35.4 Å². The number of nitrogens with two attached hydrogens (primary N) is 1. The lowest BCUT2D eigenvalue weighted by Gasteiger charge is -2.34. The number of aromatic hydroxyl groups is 1. The second-order valence-electron chi connectivity index (χ2n) is 10.3. The number of pyridine rings is 1. The molecule has 4 N–H and O–H groups in total. The van der Waals surface area contributed by atoms with Gasteiger partial charge in [-0.3, -0.25) is 0 Å². The molecule has 0 atom stereocenters. The highest BCUT2D eigenvalue weighted by molar-refractivity contribution is 5.76. The highest BCUT2D eigenvalue weighted by atomic mass is 16.6. The van der Waals surface area contributed by atoms with Crippen LogP contribution in [-0.2, 0) is 11.3 Å². The number of rotatable bonds is 6. The molecule has 8 heteroatoms. The van der Waals surface area contributed by atoms with Crippen LogP contribution in [0.2, 0.25) is 0 Å². The average molecular weight is 470 g/mol. The number of carbonyl (C=O) groups is 1. The number of anilines is 1. The van der Waals surface area contributed by atoms with Crippen LogP contribution in [0.5, 0.6) is 11.5 Å². The topological polar surface area (TPSA) is 118 Å². The van der Waals surface area contributed by atoms with Gasteiger partial charge in [0.1, 0.15) is 22.9 Å². The Balaban J connectivity index is 1.59. The van der Waals surface area contributed by atoms with E-state index in [1.165, 1.54) is 0 Å². The first-order valence-electron chi connectivity index (χ1n) is 12.0. The largest absolute Gasteiger partial charge is 0.507 e. The first kappa shape index (κ1) is 24.1. The third-order valence-electron chi connectivity index (χ3n) is 6.37. The summed E-state index contributed by atoms with van der Waals surface area (Å²) < 4.78 is 11.5. The number of aliphatic hydroxyl groups is 1. The number of amides is 1. The van der Waals surface area contributed by atoms with Gasteiger partial charge in [-0.2, -0.15) is 0 Å². The minimum absolute atomic E-state index is 0.0719. The van der Waals surface area contributed by atoms with E-state index in [1.807, 2.05) is 32.9 Å². The van der Waals surface area contributed by atoms with Crippen molar-refractivity contribution < 1.29 is 24.5 Å². The predicted molar refractivity (Wildman–Crippen MR) is 130 cm³/mol. The highest BCUT2D eigenvalue weighted by Gasteiger charge is 2.30. The van der Waals surface area contributed by atoms with Gasteiger partial charge in [0.15, 0.2) is 0 Å². The molecule has 2 fully saturated rings. The van der Waals surface area contributed by atoms with E-state index < -0.39 is 5.60 Å². The summed E-state index contributed by atoms with van der Waals surface area (Å²) in [7, 11) is 0. The van der Waals surface area contributed by atoms with Crippen LogP contribution in [0.3, 0.4) is 0 Å². The van der Waals surface area contributed by atoms with E-state index in [4.69, 9.17) is 15.2 Å². The normalized spacial score (nSPS) is 17.0. The Bertz CT molecular complexity index is 1040. The molecular weight excluding hydrogens is 434 g/mol. The van der Waals surface area contributed by atoms with E-state index in [0.717, 1.165) is 18.4 Å². The number of likely N-dealkylation sites (tertiary alicyclic amines) is 1. The maximum absolute atomic E-state index is 12.5. The predicted octanol–water partition coefficient (Wildman–Crippen LogP) is 4.43. The molecule has 1 aliphatic carbocycles. The molecule has 1 aromatic heterocycles. The Kier molecular flexibility index (Phi) is 6.89. The second kappa shape index (κ2) is 9.70. The third-order valence-corrected chi connectivity index (χ3v) is 6.37. The number of benzene rings is 1. The second-order valence-corrected chi connectivity index (χ2v) is 10.3. The number of ether oxygens (including phenoxy) is 2. The molecular formula is C26H35N3O5. The Morgan fingerprint density at radius 3 is 2.53 bits per heavy atom. The van der Waals surface area contributed by atoms with Gasteiger partial charge in [-0.15, -0.1) is 0 Å². The quantitative estimate of drug-likeness (QED) is 0.573. The van der Waals surface area contributed by atoms with Crippen LogP contribution in [0.4, 0.5) is 10.6 Å². The lowest BCUT2D eigenvalue weighted by atomic mass is 9.86. The third kappa shape index (κ3) is 5.55. The number of nitrogens with zero attached hydrogens (tertiary/aromatic N) is 2. The van der Waals surface area contributed by atoms with E-state index in [0.29, 0.717) is 61.0 Å². The zero-order valence-electron chi connectivity index (χ0n) is 20.2. The molecule has 0 radical (unpaired) electrons. The van der Waals surface area contributed by atoms with Gasteiger partial charge in [0.05, 0.1) is 24.5 Å². The van der Waals surface area contributed by atoms with Crippen molar-refractivity contribution >= 4 is 11.9 Å². The number of hydrogen-bond donors (Lipinski definition) is 3. The Labute approximate surface area is 200 Å². The summed E-state index contributed by atoms with van der Waals surface area (Å²) in [5, 5.41) is 20.7. The lowest BCUT2D eigenvalue weighted by Crippen LogP contribution is -2.41. The molecule has 1 amide bonds. The molecule has 2 aliphatic rings. The summed E-state index contributed by atoms with van der Waals surface area (Å²) in [6.45, 7) is 7.04. The van der Waals surface area contributed by atoms with E-state index >= 15 is 0 Å². The van der Waals surface area contributed by atoms with Crippen molar-refractivity contribution in [3.63, 3.8) is 0 Å². The molecule has 1 saturated carbocycles. The summed E-state index contributed by atoms with van der Waals surface area (Å²) in [6.07, 6.45) is 3.44. The molecule has 1 aromatic carbocycles. The van der Waals surface area contributed by atoms with E-state index in [2.05, 4.69) is 4.98 Å². The van der Waals surface area contributed by atoms with Gasteiger partial charge < -0.3 is 30.3 Å². The maximum Gasteiger partial charge on any atom is 0.410 e. The smallest absolute Gasteiger partial charge is 0.410 e. The van der Waals surface area contributed by atoms with Gasteiger partial charge in [-0.05, 0) is 82.1 Å². The van der Waals surface area contributed by atoms with Gasteiger partial charge in [0.2, 0.25) is 0 Å². The van der Waals surface area contributed by atoms with Crippen LogP contribution < -0.4 is 10.5 Å². The van der Waals surface area contributed by atoms with Crippen LogP contribution in [0.25, 0.3) is 11.3 Å². The fourth-order valence-electron chi connectivity index (χ4n) is 4.37. The lowest BCUT2D eigenvalue weighted by molar-refractivity contribution is 0.0204. The van der Waals surface area contributed by atoms with E-state index in [9.17, 15) is 15.0 Å². The molecule has 8 nitrogen and oxygen atoms in total. The van der Waals surface area contributed by atoms with Gasteiger partial charge >= 0.3 is 6.09 Å². The molecule has 0 spiro atoms. The van der Waals surface area contributed by atoms with Crippen molar-refractivity contribution in [1.82, 2.24) is 9.88 Å². The number of carbonyl (C=O) groups excluding carboxylic acids is 1. The molecule has 34 heavy (non-hydrogen) atoms. The fourth-order valence-corrected chi connectivity index (χ4v) is 4.37. The SMILES string of the molecule is CC(C)(C)OC(=O)N1CCC(c2cc(-c3c(O)cccc3OCC3CC3)nc(N)c2CO)CC1. The first-order chi connectivity index (χ1) is 16.2. The molecule has 2 heterocycles. The van der Waals surface area contributed by atoms with Gasteiger partial charge in [0.25, 0.3) is 0 Å². The number of aliphatic hydroxyl groups excluding tert-OH is 1. The number of hydrogen-bond acceptors (Lipinski definition) is 7. The zero-order valence-corrected chi connectivity index (χ0v) is 20.2. The van der Waals surface area contributed by atoms with Crippen LogP contribution in [0.1, 0.15) is 63.5 Å². The monoisotopic (exact) mass is 469 g/mol. The molecule has 4 rings (SSSR count). The molecule has 2 aromatic rings. The molecule has 1 saturated heterocycles. The summed E-state index contributed by atoms with van der Waals surface area (Å²) in [4.78, 5) is 18.7. The molecule has 0 bridgehead atoms. The number of piperidine rings is 1. The van der Waals surface area contributed by atoms with Gasteiger partial charge in [-0.25, -0.2) is 9.78 Å². The van der Waals surface area contributed by atoms with Crippen molar-refractivity contribution in [1.29, 1.82) is 0 Å². The van der Waals surface area contributed by atoms with Crippen molar-refractivity contribution in [2.75, 3.05) is 25.4 Å². The summed E-state index contributed by atoms with van der Waals surface area (Å²) in [5.74, 6) is 1.53. The summed E-state index contributed by atoms with van der Waals surface area (Å²) in [6, 6.07) is 7.08. The molecule has 0 unspecified atom stereocenters. The van der Waals surface area contributed by atoms with Crippen molar-refractivity contribution in [2.24, 2.45) is 5.92 Å². The standard InChI is InChI=1S/C26H35N3O5/c1-26(2,3)34-25(32)29-11-9-17(10-12-29)18-13-20(28-24(27)19(18)14-30)23-21(31)5-4-6-22(23)33-15-16-7-8-16/h4-6,13,16-17,30-31H,7-12,14-15H2,1-3H3,(H2,27,28). The molecule has 184 valence electrons. The molecule has 1 aliphatic heterocycles. The van der Waals surface area contributed by atoms with Crippen molar-refractivity contribution in [2.45, 2.75) is 64.6 Å². The summed E-state index contributed by atoms with van der Waals surface area (Å²) >= 11 is 0. The van der Waals surface area contributed by atoms with Crippen molar-refractivity contribution in [3.8, 4) is 22.8 Å². The van der Waals surface area contributed by atoms with Gasteiger partial charge in [-0.1, -0.05) is 6.07 Å². The fraction of sp³-hybridized carbons (Fsp3) is 0.538. The number of phenols is 1. The Morgan fingerprint density at radius 2 is 1.91 bits per heavy atom. The minimum Gasteiger partial charge on any atom is -0.507 e. The number of phenolic OH excluding ortho intramolecular Hbond substituents is 1. The van der Waals surface area contributed by atoms with Crippen LogP contribution in [0, 0.1) is 5.92 Å². The average Bonchev–Trinajstić information content (AvgIpc) is 3.61. The van der Waals surface area contributed by atoms with E-state index in [-0.39, 0.29) is 30.2 Å². The van der Waals surface area contributed by atoms with Crippen LogP contribution in [-0.4, -0.2) is 51.5 Å². The first-order valence-corrected chi connectivity index (χ1v) is 12.0. The summed E-state index contributed by atoms with van der Waals surface area (Å²) in [5.41, 5.74) is 8.25.